The first kappa shape index (κ1) is 31.8. The number of anilines is 1. The molecule has 3 aromatic carbocycles. The van der Waals surface area contributed by atoms with Crippen LogP contribution in [0.2, 0.25) is 0 Å². The van der Waals surface area contributed by atoms with Crippen molar-refractivity contribution in [3.63, 3.8) is 0 Å². The first-order valence-corrected chi connectivity index (χ1v) is 17.1. The van der Waals surface area contributed by atoms with E-state index >= 15 is 0 Å². The van der Waals surface area contributed by atoms with Crippen molar-refractivity contribution in [1.29, 1.82) is 0 Å². The number of carbonyl (C=O) groups is 5. The number of amides is 4. The van der Waals surface area contributed by atoms with E-state index in [4.69, 9.17) is 23.2 Å². The zero-order chi connectivity index (χ0) is 33.6. The molecule has 2 aliphatic carbocycles. The Kier molecular flexibility index (Phi) is 7.54. The van der Waals surface area contributed by atoms with Gasteiger partial charge in [0.1, 0.15) is 5.75 Å². The van der Waals surface area contributed by atoms with E-state index in [0.717, 1.165) is 9.80 Å². The first-order valence-electron chi connectivity index (χ1n) is 15.2. The highest BCUT2D eigenvalue weighted by Crippen LogP contribution is 2.65. The van der Waals surface area contributed by atoms with Crippen LogP contribution in [0.25, 0.3) is 0 Å². The van der Waals surface area contributed by atoms with E-state index in [1.807, 2.05) is 12.1 Å². The third kappa shape index (κ3) is 4.35. The Morgan fingerprint density at radius 3 is 2.13 bits per heavy atom. The van der Waals surface area contributed by atoms with E-state index in [-0.39, 0.29) is 35.7 Å². The van der Waals surface area contributed by atoms with Crippen molar-refractivity contribution in [2.45, 2.75) is 42.4 Å². The maximum atomic E-state index is 14.3. The molecule has 4 aliphatic rings. The fourth-order valence-electron chi connectivity index (χ4n) is 8.06. The van der Waals surface area contributed by atoms with Crippen molar-refractivity contribution in [2.75, 3.05) is 10.4 Å². The van der Waals surface area contributed by atoms with E-state index in [1.165, 1.54) is 0 Å². The van der Waals surface area contributed by atoms with Crippen LogP contribution in [0.3, 0.4) is 0 Å². The first-order chi connectivity index (χ1) is 22.3. The molecule has 47 heavy (non-hydrogen) atoms. The molecule has 6 atom stereocenters. The van der Waals surface area contributed by atoms with Gasteiger partial charge in [0, 0.05) is 17.0 Å². The minimum Gasteiger partial charge on any atom is -0.507 e. The van der Waals surface area contributed by atoms with Gasteiger partial charge in [-0.05, 0) is 73.6 Å². The average molecular weight is 736 g/mol. The molecule has 6 unspecified atom stereocenters. The lowest BCUT2D eigenvalue weighted by Crippen LogP contribution is -2.60. The van der Waals surface area contributed by atoms with E-state index in [9.17, 15) is 29.1 Å². The minimum absolute atomic E-state index is 0.0964. The maximum Gasteiger partial charge on any atom is 0.254 e. The summed E-state index contributed by atoms with van der Waals surface area (Å²) in [6.45, 7) is 3.46. The van der Waals surface area contributed by atoms with Gasteiger partial charge in [0.15, 0.2) is 15.5 Å². The highest BCUT2D eigenvalue weighted by Gasteiger charge is 2.76. The molecule has 1 N–H and O–H groups in total. The zero-order valence-corrected chi connectivity index (χ0v) is 28.5. The minimum atomic E-state index is -1.92. The van der Waals surface area contributed by atoms with Crippen molar-refractivity contribution in [1.82, 2.24) is 4.90 Å². The summed E-state index contributed by atoms with van der Waals surface area (Å²) < 4.78 is 0. The quantitative estimate of drug-likeness (QED) is 0.111. The molecule has 11 heteroatoms. The van der Waals surface area contributed by atoms with Gasteiger partial charge >= 0.3 is 0 Å². The molecular weight excluding hydrogens is 707 g/mol. The van der Waals surface area contributed by atoms with Crippen molar-refractivity contribution in [3.05, 3.63) is 106 Å². The van der Waals surface area contributed by atoms with Gasteiger partial charge in [0.05, 0.1) is 23.0 Å². The van der Waals surface area contributed by atoms with Crippen LogP contribution in [0, 0.1) is 31.6 Å². The predicted molar refractivity (Wildman–Crippen MR) is 180 cm³/mol. The number of nitrogens with zero attached hydrogens (tertiary/aromatic N) is 2. The number of phenols is 1. The second-order valence-electron chi connectivity index (χ2n) is 12.7. The number of aryl methyl sites for hydroxylation is 2. The summed E-state index contributed by atoms with van der Waals surface area (Å²) >= 11 is 17.8. The Hall–Kier alpha value is -3.79. The Bertz CT molecular complexity index is 1910. The number of alkyl halides is 3. The van der Waals surface area contributed by atoms with Crippen LogP contribution in [0.1, 0.15) is 51.4 Å². The van der Waals surface area contributed by atoms with Crippen LogP contribution in [0.15, 0.2) is 78.4 Å². The average Bonchev–Trinajstić information content (AvgIpc) is 3.40. The number of benzene rings is 3. The number of fused-ring (bicyclic) bond motifs is 4. The molecule has 8 nitrogen and oxygen atoms in total. The SMILES string of the molecule is Cc1cc(C2C3=CCC4C(=O)N(c5ccc(C(=O)c6ccccc6)cc5)C(=O)C4C3CC3(Cl)C(=O)N(CBr)C(=O)C23Cl)cc(C)c1O. The number of likely N-dealkylation sites (tertiary alicyclic amines) is 1. The van der Waals surface area contributed by atoms with Crippen LogP contribution in [-0.4, -0.2) is 54.6 Å². The van der Waals surface area contributed by atoms with Gasteiger partial charge in [0.2, 0.25) is 11.8 Å². The van der Waals surface area contributed by atoms with Crippen LogP contribution in [0.5, 0.6) is 5.75 Å². The summed E-state index contributed by atoms with van der Waals surface area (Å²) in [6, 6.07) is 18.6. The number of phenolic OH excluding ortho intramolecular Hbond substituents is 1. The lowest BCUT2D eigenvalue weighted by Gasteiger charge is -2.51. The summed E-state index contributed by atoms with van der Waals surface area (Å²) in [7, 11) is 0. The Labute approximate surface area is 289 Å². The molecule has 0 bridgehead atoms. The van der Waals surface area contributed by atoms with Gasteiger partial charge in [-0.3, -0.25) is 33.8 Å². The highest BCUT2D eigenvalue weighted by molar-refractivity contribution is 9.09. The number of hydrogen-bond acceptors (Lipinski definition) is 6. The summed E-state index contributed by atoms with van der Waals surface area (Å²) in [5.41, 5.74) is 3.52. The van der Waals surface area contributed by atoms with Gasteiger partial charge in [-0.1, -0.05) is 70.0 Å². The van der Waals surface area contributed by atoms with Gasteiger partial charge in [0.25, 0.3) is 11.8 Å². The number of allylic oxidation sites excluding steroid dienone is 2. The number of ketones is 1. The zero-order valence-electron chi connectivity index (χ0n) is 25.4. The van der Waals surface area contributed by atoms with Crippen molar-refractivity contribution in [3.8, 4) is 5.75 Å². The normalized spacial score (nSPS) is 29.9. The second kappa shape index (κ2) is 11.1. The molecule has 0 aromatic heterocycles. The van der Waals surface area contributed by atoms with Gasteiger partial charge in [-0.15, -0.1) is 23.2 Å². The Balaban J connectivity index is 1.30. The molecule has 2 saturated heterocycles. The Morgan fingerprint density at radius 2 is 1.51 bits per heavy atom. The number of hydrogen-bond donors (Lipinski definition) is 1. The molecule has 3 aromatic rings. The fraction of sp³-hybridized carbons (Fsp3) is 0.306. The molecule has 1 saturated carbocycles. The standard InChI is InChI=1S/C36H29BrCl2N2O6/c1-18-14-22(15-19(2)29(18)42)28-24-12-13-25-27(26(24)16-35(38)33(46)40(17-37)34(47)36(28,35)39)32(45)41(31(25)44)23-10-8-21(9-11-23)30(43)20-6-4-3-5-7-20/h3-12,14-15,25-28,42H,13,16-17H2,1-2H3. The highest BCUT2D eigenvalue weighted by atomic mass is 79.9. The fourth-order valence-corrected chi connectivity index (χ4v) is 9.48. The van der Waals surface area contributed by atoms with Crippen molar-refractivity contribution >= 4 is 74.2 Å². The van der Waals surface area contributed by atoms with Crippen molar-refractivity contribution < 1.29 is 29.1 Å². The molecule has 2 aliphatic heterocycles. The van der Waals surface area contributed by atoms with Crippen LogP contribution < -0.4 is 4.90 Å². The van der Waals surface area contributed by atoms with Crippen LogP contribution >= 0.6 is 39.1 Å². The predicted octanol–water partition coefficient (Wildman–Crippen LogP) is 6.16. The summed E-state index contributed by atoms with van der Waals surface area (Å²) in [5.74, 6) is -5.38. The molecule has 240 valence electrons. The molecule has 2 heterocycles. The monoisotopic (exact) mass is 734 g/mol. The summed E-state index contributed by atoms with van der Waals surface area (Å²) in [6.07, 6.45) is 1.98. The number of carbonyl (C=O) groups excluding carboxylic acids is 5. The third-order valence-corrected chi connectivity index (χ3v) is 12.2. The lowest BCUT2D eigenvalue weighted by molar-refractivity contribution is -0.138. The van der Waals surface area contributed by atoms with Crippen molar-refractivity contribution in [2.24, 2.45) is 17.8 Å². The molecule has 3 fully saturated rings. The van der Waals surface area contributed by atoms with E-state index in [1.54, 1.807) is 74.5 Å². The van der Waals surface area contributed by atoms with E-state index in [2.05, 4.69) is 15.9 Å². The summed E-state index contributed by atoms with van der Waals surface area (Å²) in [4.78, 5) is 67.4. The van der Waals surface area contributed by atoms with Crippen LogP contribution in [0.4, 0.5) is 5.69 Å². The van der Waals surface area contributed by atoms with Crippen LogP contribution in [-0.2, 0) is 19.2 Å². The number of halogens is 3. The molecule has 7 rings (SSSR count). The Morgan fingerprint density at radius 1 is 0.894 bits per heavy atom. The molecular formula is C36H29BrCl2N2O6. The molecule has 0 radical (unpaired) electrons. The van der Waals surface area contributed by atoms with Gasteiger partial charge in [-0.2, -0.15) is 0 Å². The van der Waals surface area contributed by atoms with E-state index in [0.29, 0.717) is 39.1 Å². The smallest absolute Gasteiger partial charge is 0.254 e. The largest absolute Gasteiger partial charge is 0.507 e. The van der Waals surface area contributed by atoms with Gasteiger partial charge < -0.3 is 5.11 Å². The number of imide groups is 2. The number of aromatic hydroxyl groups is 1. The molecule has 0 spiro atoms. The maximum absolute atomic E-state index is 14.3. The second-order valence-corrected chi connectivity index (χ2v) is 14.5. The topological polar surface area (TPSA) is 112 Å². The lowest BCUT2D eigenvalue weighted by atomic mass is 9.56. The van der Waals surface area contributed by atoms with E-state index < -0.39 is 51.1 Å². The molecule has 4 amide bonds. The third-order valence-electron chi connectivity index (χ3n) is 10.3. The summed E-state index contributed by atoms with van der Waals surface area (Å²) in [5, 5.41) is 10.6. The van der Waals surface area contributed by atoms with Gasteiger partial charge in [-0.25, -0.2) is 0 Å². The number of rotatable bonds is 5.